The number of nitrogens with zero attached hydrogens (tertiary/aromatic N) is 1. The molecule has 1 atom stereocenters. The van der Waals surface area contributed by atoms with Crippen LogP contribution in [0, 0.1) is 5.92 Å². The highest BCUT2D eigenvalue weighted by Gasteiger charge is 2.27. The van der Waals surface area contributed by atoms with E-state index < -0.39 is 6.04 Å². The van der Waals surface area contributed by atoms with Gasteiger partial charge in [-0.25, -0.2) is 0 Å². The largest absolute Gasteiger partial charge is 0.354 e. The lowest BCUT2D eigenvalue weighted by molar-refractivity contribution is -0.140. The summed E-state index contributed by atoms with van der Waals surface area (Å²) in [7, 11) is 0. The Balaban J connectivity index is 2.30. The predicted molar refractivity (Wildman–Crippen MR) is 124 cm³/mol. The second kappa shape index (κ2) is 11.2. The van der Waals surface area contributed by atoms with Crippen molar-refractivity contribution in [1.82, 2.24) is 10.2 Å². The van der Waals surface area contributed by atoms with E-state index in [-0.39, 0.29) is 24.8 Å². The van der Waals surface area contributed by atoms with Gasteiger partial charge >= 0.3 is 0 Å². The summed E-state index contributed by atoms with van der Waals surface area (Å²) in [4.78, 5) is 27.4. The van der Waals surface area contributed by atoms with Gasteiger partial charge in [0.1, 0.15) is 6.04 Å². The van der Waals surface area contributed by atoms with Gasteiger partial charge in [-0.15, -0.1) is 0 Å². The smallest absolute Gasteiger partial charge is 0.242 e. The van der Waals surface area contributed by atoms with Crippen molar-refractivity contribution in [1.29, 1.82) is 0 Å². The number of hydrogen-bond acceptors (Lipinski definition) is 2. The van der Waals surface area contributed by atoms with Crippen LogP contribution in [0.1, 0.15) is 31.9 Å². The lowest BCUT2D eigenvalue weighted by atomic mass is 10.1. The van der Waals surface area contributed by atoms with Crippen LogP contribution in [0.5, 0.6) is 0 Å². The zero-order valence-corrected chi connectivity index (χ0v) is 20.0. The molecule has 0 aromatic heterocycles. The number of benzene rings is 2. The molecule has 0 saturated heterocycles. The Morgan fingerprint density at radius 3 is 2.13 bits per heavy atom. The Kier molecular flexibility index (Phi) is 9.30. The van der Waals surface area contributed by atoms with Gasteiger partial charge < -0.3 is 10.2 Å². The number of carbonyl (C=O) groups excluding carboxylic acids is 2. The van der Waals surface area contributed by atoms with E-state index in [1.165, 1.54) is 4.90 Å². The lowest BCUT2D eigenvalue weighted by Crippen LogP contribution is -2.48. The van der Waals surface area contributed by atoms with Crippen molar-refractivity contribution in [3.8, 4) is 0 Å². The molecule has 2 aromatic rings. The number of carbonyl (C=O) groups is 2. The van der Waals surface area contributed by atoms with E-state index in [0.29, 0.717) is 38.1 Å². The number of rotatable bonds is 8. The van der Waals surface area contributed by atoms with Gasteiger partial charge in [0, 0.05) is 23.1 Å². The average Bonchev–Trinajstić information content (AvgIpc) is 2.69. The maximum absolute atomic E-state index is 13.2. The van der Waals surface area contributed by atoms with Crippen LogP contribution in [0.3, 0.4) is 0 Å². The van der Waals surface area contributed by atoms with Crippen LogP contribution >= 0.6 is 46.4 Å². The van der Waals surface area contributed by atoms with E-state index >= 15 is 0 Å². The third-order valence-corrected chi connectivity index (χ3v) is 6.03. The van der Waals surface area contributed by atoms with Crippen molar-refractivity contribution >= 4 is 58.2 Å². The maximum atomic E-state index is 13.2. The van der Waals surface area contributed by atoms with Crippen LogP contribution in [-0.4, -0.2) is 29.3 Å². The predicted octanol–water partition coefficient (Wildman–Crippen LogP) is 6.03. The second-order valence-corrected chi connectivity index (χ2v) is 9.09. The third kappa shape index (κ3) is 6.78. The van der Waals surface area contributed by atoms with Gasteiger partial charge in [-0.1, -0.05) is 72.4 Å². The first-order valence-electron chi connectivity index (χ1n) is 9.54. The van der Waals surface area contributed by atoms with E-state index in [2.05, 4.69) is 5.32 Å². The van der Waals surface area contributed by atoms with E-state index in [1.807, 2.05) is 13.8 Å². The van der Waals surface area contributed by atoms with Crippen molar-refractivity contribution in [2.45, 2.75) is 39.8 Å². The van der Waals surface area contributed by atoms with Gasteiger partial charge in [0.25, 0.3) is 0 Å². The molecule has 2 amide bonds. The van der Waals surface area contributed by atoms with Crippen LogP contribution in [0.25, 0.3) is 0 Å². The normalized spacial score (nSPS) is 12.0. The molecular formula is C22H24Cl4N2O2. The van der Waals surface area contributed by atoms with Crippen molar-refractivity contribution < 1.29 is 9.59 Å². The molecule has 2 rings (SSSR count). The van der Waals surface area contributed by atoms with E-state index in [1.54, 1.807) is 43.3 Å². The number of amides is 2. The lowest BCUT2D eigenvalue weighted by Gasteiger charge is -2.29. The quantitative estimate of drug-likeness (QED) is 0.491. The molecule has 0 spiro atoms. The van der Waals surface area contributed by atoms with Gasteiger partial charge in [0.2, 0.25) is 11.8 Å². The third-order valence-electron chi connectivity index (χ3n) is 4.58. The van der Waals surface area contributed by atoms with E-state index in [4.69, 9.17) is 46.4 Å². The molecule has 0 aliphatic carbocycles. The average molecular weight is 490 g/mol. The molecular weight excluding hydrogens is 466 g/mol. The monoisotopic (exact) mass is 488 g/mol. The highest BCUT2D eigenvalue weighted by molar-refractivity contribution is 6.42. The minimum atomic E-state index is -0.702. The maximum Gasteiger partial charge on any atom is 0.242 e. The highest BCUT2D eigenvalue weighted by Crippen LogP contribution is 2.27. The first-order chi connectivity index (χ1) is 14.1. The van der Waals surface area contributed by atoms with Crippen molar-refractivity contribution in [2.24, 2.45) is 5.92 Å². The summed E-state index contributed by atoms with van der Waals surface area (Å²) in [6, 6.07) is 9.49. The van der Waals surface area contributed by atoms with Gasteiger partial charge in [-0.2, -0.15) is 0 Å². The SMILES string of the molecule is CC(C)CNC(=O)[C@H](C)N(Cc1ccc(Cl)c(Cl)c1)C(=O)Cc1c(Cl)cccc1Cl. The molecule has 8 heteroatoms. The van der Waals surface area contributed by atoms with Crippen LogP contribution in [-0.2, 0) is 22.6 Å². The fourth-order valence-corrected chi connectivity index (χ4v) is 3.68. The fourth-order valence-electron chi connectivity index (χ4n) is 2.82. The molecule has 1 N–H and O–H groups in total. The molecule has 30 heavy (non-hydrogen) atoms. The Bertz CT molecular complexity index is 898. The summed E-state index contributed by atoms with van der Waals surface area (Å²) in [5, 5.41) is 4.49. The summed E-state index contributed by atoms with van der Waals surface area (Å²) in [5.74, 6) is -0.215. The Morgan fingerprint density at radius 2 is 1.57 bits per heavy atom. The van der Waals surface area contributed by atoms with Crippen molar-refractivity contribution in [2.75, 3.05) is 6.54 Å². The molecule has 162 valence electrons. The number of nitrogens with one attached hydrogen (secondary N) is 1. The first kappa shape index (κ1) is 24.8. The van der Waals surface area contributed by atoms with Crippen molar-refractivity contribution in [3.05, 3.63) is 67.6 Å². The first-order valence-corrected chi connectivity index (χ1v) is 11.0. The van der Waals surface area contributed by atoms with Crippen LogP contribution < -0.4 is 5.32 Å². The molecule has 4 nitrogen and oxygen atoms in total. The summed E-state index contributed by atoms with van der Waals surface area (Å²) in [5.41, 5.74) is 1.28. The molecule has 0 radical (unpaired) electrons. The highest BCUT2D eigenvalue weighted by atomic mass is 35.5. The summed E-state index contributed by atoms with van der Waals surface area (Å²) in [6.45, 7) is 6.41. The van der Waals surface area contributed by atoms with Crippen LogP contribution in [0.4, 0.5) is 0 Å². The molecule has 0 saturated carbocycles. The zero-order valence-electron chi connectivity index (χ0n) is 17.0. The van der Waals surface area contributed by atoms with Crippen LogP contribution in [0.2, 0.25) is 20.1 Å². The van der Waals surface area contributed by atoms with Crippen LogP contribution in [0.15, 0.2) is 36.4 Å². The standard InChI is InChI=1S/C22H24Cl4N2O2/c1-13(2)11-27-22(30)14(3)28(12-15-7-8-19(25)20(26)9-15)21(29)10-16-17(23)5-4-6-18(16)24/h4-9,13-14H,10-12H2,1-3H3,(H,27,30)/t14-/m0/s1. The molecule has 0 aliphatic heterocycles. The minimum absolute atomic E-state index is 0.0262. The Labute approximate surface area is 197 Å². The molecule has 0 bridgehead atoms. The number of hydrogen-bond donors (Lipinski definition) is 1. The molecule has 0 aliphatic rings. The summed E-state index contributed by atoms with van der Waals surface area (Å²) in [6.07, 6.45) is -0.0262. The Morgan fingerprint density at radius 1 is 0.933 bits per heavy atom. The molecule has 0 heterocycles. The zero-order chi connectivity index (χ0) is 22.4. The topological polar surface area (TPSA) is 49.4 Å². The van der Waals surface area contributed by atoms with Gasteiger partial charge in [0.05, 0.1) is 16.5 Å². The summed E-state index contributed by atoms with van der Waals surface area (Å²) >= 11 is 24.6. The van der Waals surface area contributed by atoms with Crippen molar-refractivity contribution in [3.63, 3.8) is 0 Å². The molecule has 0 unspecified atom stereocenters. The van der Waals surface area contributed by atoms with E-state index in [9.17, 15) is 9.59 Å². The van der Waals surface area contributed by atoms with Gasteiger partial charge in [-0.3, -0.25) is 9.59 Å². The Hall–Kier alpha value is -1.46. The molecule has 0 fully saturated rings. The van der Waals surface area contributed by atoms with Gasteiger partial charge in [-0.05, 0) is 48.2 Å². The second-order valence-electron chi connectivity index (χ2n) is 7.46. The molecule has 2 aromatic carbocycles. The van der Waals surface area contributed by atoms with Gasteiger partial charge in [0.15, 0.2) is 0 Å². The fraction of sp³-hybridized carbons (Fsp3) is 0.364. The van der Waals surface area contributed by atoms with E-state index in [0.717, 1.165) is 5.56 Å². The minimum Gasteiger partial charge on any atom is -0.354 e. The summed E-state index contributed by atoms with van der Waals surface area (Å²) < 4.78 is 0. The number of halogens is 4.